The number of primary amides is 1. The van der Waals surface area contributed by atoms with E-state index in [0.29, 0.717) is 3.70 Å². The fraction of sp³-hybridized carbons (Fsp3) is 0.143. The van der Waals surface area contributed by atoms with Gasteiger partial charge in [0.2, 0.25) is 5.91 Å². The monoisotopic (exact) mass is 298 g/mol. The van der Waals surface area contributed by atoms with Gasteiger partial charge in [-0.15, -0.1) is 0 Å². The van der Waals surface area contributed by atoms with Crippen molar-refractivity contribution in [2.45, 2.75) is 6.43 Å². The minimum Gasteiger partial charge on any atom is -0.366 e. The van der Waals surface area contributed by atoms with E-state index in [0.717, 1.165) is 6.20 Å². The Labute approximate surface area is 86.5 Å². The van der Waals surface area contributed by atoms with Crippen LogP contribution < -0.4 is 5.73 Å². The van der Waals surface area contributed by atoms with Crippen molar-refractivity contribution in [3.05, 3.63) is 27.1 Å². The van der Waals surface area contributed by atoms with Crippen LogP contribution in [0, 0.1) is 3.70 Å². The molecule has 0 spiro atoms. The molecule has 1 heterocycles. The second kappa shape index (κ2) is 3.95. The van der Waals surface area contributed by atoms with Gasteiger partial charge in [-0.3, -0.25) is 4.79 Å². The number of hydrogen-bond donors (Lipinski definition) is 1. The van der Waals surface area contributed by atoms with Gasteiger partial charge >= 0.3 is 0 Å². The van der Waals surface area contributed by atoms with E-state index < -0.39 is 17.9 Å². The van der Waals surface area contributed by atoms with Crippen molar-refractivity contribution in [1.82, 2.24) is 4.98 Å². The summed E-state index contributed by atoms with van der Waals surface area (Å²) in [7, 11) is 0. The van der Waals surface area contributed by atoms with Crippen LogP contribution in [0.2, 0.25) is 0 Å². The second-order valence-corrected chi connectivity index (χ2v) is 3.36. The highest BCUT2D eigenvalue weighted by molar-refractivity contribution is 14.1. The maximum Gasteiger partial charge on any atom is 0.266 e. The Kier molecular flexibility index (Phi) is 3.12. The number of carbonyl (C=O) groups is 1. The Morgan fingerprint density at radius 3 is 2.69 bits per heavy atom. The van der Waals surface area contributed by atoms with Crippen molar-refractivity contribution >= 4 is 28.5 Å². The van der Waals surface area contributed by atoms with E-state index in [4.69, 9.17) is 5.73 Å². The second-order valence-electron chi connectivity index (χ2n) is 2.26. The minimum absolute atomic E-state index is 0.172. The molecule has 3 nitrogen and oxygen atoms in total. The van der Waals surface area contributed by atoms with Crippen molar-refractivity contribution in [3.63, 3.8) is 0 Å². The first-order valence-electron chi connectivity index (χ1n) is 3.25. The van der Waals surface area contributed by atoms with Crippen LogP contribution in [-0.4, -0.2) is 10.9 Å². The van der Waals surface area contributed by atoms with Crippen LogP contribution in [-0.2, 0) is 0 Å². The van der Waals surface area contributed by atoms with E-state index in [1.54, 1.807) is 0 Å². The fourth-order valence-electron chi connectivity index (χ4n) is 0.828. The molecule has 0 fully saturated rings. The fourth-order valence-corrected chi connectivity index (χ4v) is 1.28. The number of amides is 1. The lowest BCUT2D eigenvalue weighted by Gasteiger charge is -2.04. The Bertz CT molecular complexity index is 343. The van der Waals surface area contributed by atoms with Crippen molar-refractivity contribution in [1.29, 1.82) is 0 Å². The Balaban J connectivity index is 3.27. The van der Waals surface area contributed by atoms with Gasteiger partial charge in [0.15, 0.2) is 0 Å². The molecule has 1 rings (SSSR count). The first kappa shape index (κ1) is 10.3. The van der Waals surface area contributed by atoms with Crippen LogP contribution >= 0.6 is 22.6 Å². The predicted octanol–water partition coefficient (Wildman–Crippen LogP) is 1.72. The molecule has 0 aliphatic rings. The lowest BCUT2D eigenvalue weighted by Crippen LogP contribution is -2.14. The Hall–Kier alpha value is -0.790. The third-order valence-corrected chi connectivity index (χ3v) is 1.99. The van der Waals surface area contributed by atoms with E-state index in [-0.39, 0.29) is 5.56 Å². The Morgan fingerprint density at radius 1 is 1.62 bits per heavy atom. The maximum absolute atomic E-state index is 12.3. The van der Waals surface area contributed by atoms with Crippen LogP contribution in [0.4, 0.5) is 8.78 Å². The quantitative estimate of drug-likeness (QED) is 0.667. The van der Waals surface area contributed by atoms with Crippen molar-refractivity contribution < 1.29 is 13.6 Å². The lowest BCUT2D eigenvalue weighted by atomic mass is 10.1. The minimum atomic E-state index is -2.73. The van der Waals surface area contributed by atoms with Gasteiger partial charge in [0.25, 0.3) is 6.43 Å². The van der Waals surface area contributed by atoms with Crippen molar-refractivity contribution in [3.8, 4) is 0 Å². The summed E-state index contributed by atoms with van der Waals surface area (Å²) in [5, 5.41) is 0. The number of hydrogen-bond acceptors (Lipinski definition) is 2. The van der Waals surface area contributed by atoms with Gasteiger partial charge in [-0.05, 0) is 28.7 Å². The number of pyridine rings is 1. The van der Waals surface area contributed by atoms with Gasteiger partial charge < -0.3 is 5.73 Å². The first-order valence-corrected chi connectivity index (χ1v) is 4.33. The predicted molar refractivity (Wildman–Crippen MR) is 50.4 cm³/mol. The molecule has 1 aromatic heterocycles. The molecule has 13 heavy (non-hydrogen) atoms. The lowest BCUT2D eigenvalue weighted by molar-refractivity contribution is 0.0985. The highest BCUT2D eigenvalue weighted by atomic mass is 127. The van der Waals surface area contributed by atoms with E-state index in [1.807, 2.05) is 22.6 Å². The molecule has 0 radical (unpaired) electrons. The molecule has 0 saturated heterocycles. The molecule has 0 saturated carbocycles. The highest BCUT2D eigenvalue weighted by Gasteiger charge is 2.17. The van der Waals surface area contributed by atoms with Crippen molar-refractivity contribution in [2.24, 2.45) is 5.73 Å². The average Bonchev–Trinajstić information content (AvgIpc) is 2.03. The summed E-state index contributed by atoms with van der Waals surface area (Å²) in [5.74, 6) is -0.865. The molecule has 0 aromatic carbocycles. The van der Waals surface area contributed by atoms with E-state index >= 15 is 0 Å². The third kappa shape index (κ3) is 2.33. The van der Waals surface area contributed by atoms with Gasteiger partial charge in [-0.25, -0.2) is 13.8 Å². The number of rotatable bonds is 2. The number of carbonyl (C=O) groups excluding carboxylic acids is 1. The van der Waals surface area contributed by atoms with Crippen LogP contribution in [0.3, 0.4) is 0 Å². The van der Waals surface area contributed by atoms with Gasteiger partial charge in [0.05, 0.1) is 5.56 Å². The standard InChI is InChI=1S/C7H5F2IN2O/c8-6(9)4-2-12-5(10)1-3(4)7(11)13/h1-2,6H,(H2,11,13). The Morgan fingerprint density at radius 2 is 2.23 bits per heavy atom. The molecule has 2 N–H and O–H groups in total. The zero-order valence-electron chi connectivity index (χ0n) is 6.30. The van der Waals surface area contributed by atoms with Gasteiger partial charge in [-0.2, -0.15) is 0 Å². The van der Waals surface area contributed by atoms with Crippen LogP contribution in [0.15, 0.2) is 12.3 Å². The molecular weight excluding hydrogens is 293 g/mol. The zero-order valence-corrected chi connectivity index (χ0v) is 8.46. The van der Waals surface area contributed by atoms with E-state index in [1.165, 1.54) is 6.07 Å². The first-order chi connectivity index (χ1) is 6.02. The third-order valence-electron chi connectivity index (χ3n) is 1.40. The summed E-state index contributed by atoms with van der Waals surface area (Å²) in [6.07, 6.45) is -1.76. The zero-order chi connectivity index (χ0) is 10.0. The highest BCUT2D eigenvalue weighted by Crippen LogP contribution is 2.22. The van der Waals surface area contributed by atoms with Crippen LogP contribution in [0.1, 0.15) is 22.3 Å². The summed E-state index contributed by atoms with van der Waals surface area (Å²) in [6.45, 7) is 0. The summed E-state index contributed by atoms with van der Waals surface area (Å²) in [6, 6.07) is 1.24. The van der Waals surface area contributed by atoms with E-state index in [2.05, 4.69) is 4.98 Å². The molecule has 0 aliphatic carbocycles. The van der Waals surface area contributed by atoms with Gasteiger partial charge in [0.1, 0.15) is 3.70 Å². The molecule has 0 bridgehead atoms. The average molecular weight is 298 g/mol. The maximum atomic E-state index is 12.3. The van der Waals surface area contributed by atoms with E-state index in [9.17, 15) is 13.6 Å². The smallest absolute Gasteiger partial charge is 0.266 e. The number of aromatic nitrogens is 1. The molecule has 6 heteroatoms. The molecule has 0 unspecified atom stereocenters. The van der Waals surface area contributed by atoms with Gasteiger partial charge in [-0.1, -0.05) is 0 Å². The summed E-state index contributed by atoms with van der Waals surface area (Å²) in [4.78, 5) is 14.4. The SMILES string of the molecule is NC(=O)c1cc(I)ncc1C(F)F. The normalized spacial score (nSPS) is 10.5. The number of alkyl halides is 2. The molecule has 0 atom stereocenters. The topological polar surface area (TPSA) is 56.0 Å². The molecule has 1 aromatic rings. The molecule has 1 amide bonds. The van der Waals surface area contributed by atoms with Crippen LogP contribution in [0.5, 0.6) is 0 Å². The van der Waals surface area contributed by atoms with Gasteiger partial charge in [0, 0.05) is 11.8 Å². The summed E-state index contributed by atoms with van der Waals surface area (Å²) < 4.78 is 25.0. The molecular formula is C7H5F2IN2O. The molecule has 0 aliphatic heterocycles. The number of halogens is 3. The summed E-state index contributed by atoms with van der Waals surface area (Å²) >= 11 is 1.82. The van der Waals surface area contributed by atoms with Crippen molar-refractivity contribution in [2.75, 3.05) is 0 Å². The molecule has 70 valence electrons. The summed E-state index contributed by atoms with van der Waals surface area (Å²) in [5.41, 5.74) is 4.32. The largest absolute Gasteiger partial charge is 0.366 e. The number of nitrogens with two attached hydrogens (primary N) is 1. The van der Waals surface area contributed by atoms with Crippen LogP contribution in [0.25, 0.3) is 0 Å². The number of nitrogens with zero attached hydrogens (tertiary/aromatic N) is 1.